The number of primary sulfonamides is 1. The quantitative estimate of drug-likeness (QED) is 0.843. The molecule has 6 heteroatoms. The lowest BCUT2D eigenvalue weighted by Gasteiger charge is -2.21. The summed E-state index contributed by atoms with van der Waals surface area (Å²) in [6.45, 7) is 2.69. The molecule has 0 heterocycles. The van der Waals surface area contributed by atoms with Gasteiger partial charge in [0.05, 0.1) is 4.90 Å². The summed E-state index contributed by atoms with van der Waals surface area (Å²) < 4.78 is 36.6. The fourth-order valence-corrected chi connectivity index (χ4v) is 3.51. The lowest BCUT2D eigenvalue weighted by atomic mass is 9.94. The van der Waals surface area contributed by atoms with Gasteiger partial charge in [-0.15, -0.1) is 0 Å². The summed E-state index contributed by atoms with van der Waals surface area (Å²) in [6, 6.07) is 13.5. The molecule has 4 nitrogen and oxygen atoms in total. The Hall–Kier alpha value is -1.76. The van der Waals surface area contributed by atoms with E-state index in [1.165, 1.54) is 18.2 Å². The average molecular weight is 348 g/mol. The Morgan fingerprint density at radius 2 is 1.79 bits per heavy atom. The van der Waals surface area contributed by atoms with Crippen LogP contribution in [0.1, 0.15) is 36.9 Å². The first-order valence-corrected chi connectivity index (χ1v) is 9.48. The summed E-state index contributed by atoms with van der Waals surface area (Å²) in [6.07, 6.45) is 1.94. The Kier molecular flexibility index (Phi) is 4.46. The van der Waals surface area contributed by atoms with Crippen LogP contribution in [0.15, 0.2) is 53.4 Å². The Labute approximate surface area is 141 Å². The number of hydrogen-bond donors (Lipinski definition) is 2. The molecule has 0 spiro atoms. The molecule has 1 fully saturated rings. The second kappa shape index (κ2) is 6.27. The fourth-order valence-electron chi connectivity index (χ4n) is 3.00. The molecule has 1 saturated carbocycles. The van der Waals surface area contributed by atoms with Gasteiger partial charge in [0.15, 0.2) is 0 Å². The SMILES string of the molecule is C[C@@H](NCC1(c2ccccc2F)CC1)c1ccc(S(N)(=O)=O)cc1. The standard InChI is InChI=1S/C18H21FN2O2S/c1-13(14-6-8-15(9-7-14)24(20,22)23)21-12-18(10-11-18)16-4-2-3-5-17(16)19/h2-9,13,21H,10-12H2,1H3,(H2,20,22,23)/t13-/m1/s1. The zero-order valence-electron chi connectivity index (χ0n) is 13.5. The van der Waals surface area contributed by atoms with E-state index in [4.69, 9.17) is 5.14 Å². The van der Waals surface area contributed by atoms with Crippen molar-refractivity contribution in [3.8, 4) is 0 Å². The summed E-state index contributed by atoms with van der Waals surface area (Å²) in [4.78, 5) is 0.100. The first-order valence-electron chi connectivity index (χ1n) is 7.93. The van der Waals surface area contributed by atoms with E-state index in [0.717, 1.165) is 24.0 Å². The lowest BCUT2D eigenvalue weighted by Crippen LogP contribution is -2.30. The molecule has 0 amide bonds. The van der Waals surface area contributed by atoms with Crippen LogP contribution < -0.4 is 10.5 Å². The highest BCUT2D eigenvalue weighted by Gasteiger charge is 2.45. The summed E-state index contributed by atoms with van der Waals surface area (Å²) in [5, 5.41) is 8.54. The molecule has 2 aromatic rings. The number of hydrogen-bond acceptors (Lipinski definition) is 3. The Morgan fingerprint density at radius 1 is 1.17 bits per heavy atom. The topological polar surface area (TPSA) is 72.2 Å². The van der Waals surface area contributed by atoms with E-state index in [2.05, 4.69) is 5.32 Å². The predicted octanol–water partition coefficient (Wildman–Crippen LogP) is 2.86. The van der Waals surface area contributed by atoms with Gasteiger partial charge in [-0.2, -0.15) is 0 Å². The Morgan fingerprint density at radius 3 is 2.33 bits per heavy atom. The van der Waals surface area contributed by atoms with Gasteiger partial charge in [-0.25, -0.2) is 17.9 Å². The molecule has 0 saturated heterocycles. The number of rotatable bonds is 6. The van der Waals surface area contributed by atoms with Crippen LogP contribution in [0.3, 0.4) is 0 Å². The van der Waals surface area contributed by atoms with Crippen LogP contribution in [0.5, 0.6) is 0 Å². The highest BCUT2D eigenvalue weighted by Crippen LogP contribution is 2.48. The molecule has 1 aliphatic rings. The van der Waals surface area contributed by atoms with E-state index < -0.39 is 10.0 Å². The van der Waals surface area contributed by atoms with Crippen LogP contribution in [0.4, 0.5) is 4.39 Å². The van der Waals surface area contributed by atoms with Crippen molar-refractivity contribution in [3.63, 3.8) is 0 Å². The van der Waals surface area contributed by atoms with E-state index >= 15 is 0 Å². The highest BCUT2D eigenvalue weighted by molar-refractivity contribution is 7.89. The van der Waals surface area contributed by atoms with Crippen molar-refractivity contribution in [2.75, 3.05) is 6.54 Å². The first kappa shape index (κ1) is 17.1. The molecule has 0 radical (unpaired) electrons. The molecule has 3 N–H and O–H groups in total. The zero-order valence-corrected chi connectivity index (χ0v) is 14.3. The van der Waals surface area contributed by atoms with E-state index in [-0.39, 0.29) is 22.2 Å². The third kappa shape index (κ3) is 3.50. The summed E-state index contributed by atoms with van der Waals surface area (Å²) in [7, 11) is -3.67. The number of benzene rings is 2. The number of halogens is 1. The largest absolute Gasteiger partial charge is 0.309 e. The van der Waals surface area contributed by atoms with Gasteiger partial charge < -0.3 is 5.32 Å². The van der Waals surface area contributed by atoms with Crippen molar-refractivity contribution in [3.05, 3.63) is 65.5 Å². The molecule has 128 valence electrons. The first-order chi connectivity index (χ1) is 11.3. The molecular weight excluding hydrogens is 327 g/mol. The van der Waals surface area contributed by atoms with E-state index in [9.17, 15) is 12.8 Å². The lowest BCUT2D eigenvalue weighted by molar-refractivity contribution is 0.491. The van der Waals surface area contributed by atoms with Crippen molar-refractivity contribution in [1.82, 2.24) is 5.32 Å². The van der Waals surface area contributed by atoms with Gasteiger partial charge in [-0.05, 0) is 49.1 Å². The number of nitrogens with one attached hydrogen (secondary N) is 1. The van der Waals surface area contributed by atoms with Crippen LogP contribution >= 0.6 is 0 Å². The van der Waals surface area contributed by atoms with Crippen LogP contribution in [0.2, 0.25) is 0 Å². The van der Waals surface area contributed by atoms with Crippen molar-refractivity contribution in [1.29, 1.82) is 0 Å². The maximum Gasteiger partial charge on any atom is 0.238 e. The second-order valence-corrected chi connectivity index (χ2v) is 8.04. The molecule has 0 aliphatic heterocycles. The Balaban J connectivity index is 1.68. The molecular formula is C18H21FN2O2S. The molecule has 1 atom stereocenters. The van der Waals surface area contributed by atoms with Gasteiger partial charge in [0.2, 0.25) is 10.0 Å². The van der Waals surface area contributed by atoms with Crippen molar-refractivity contribution in [2.24, 2.45) is 5.14 Å². The predicted molar refractivity (Wildman–Crippen MR) is 91.5 cm³/mol. The normalized spacial score (nSPS) is 17.5. The van der Waals surface area contributed by atoms with Gasteiger partial charge in [0, 0.05) is 18.0 Å². The highest BCUT2D eigenvalue weighted by atomic mass is 32.2. The third-order valence-corrected chi connectivity index (χ3v) is 5.68. The summed E-state index contributed by atoms with van der Waals surface area (Å²) >= 11 is 0. The van der Waals surface area contributed by atoms with Gasteiger partial charge in [-0.1, -0.05) is 30.3 Å². The number of sulfonamides is 1. The minimum absolute atomic E-state index is 0.0313. The van der Waals surface area contributed by atoms with Crippen LogP contribution in [0.25, 0.3) is 0 Å². The molecule has 1 aliphatic carbocycles. The van der Waals surface area contributed by atoms with E-state index in [1.807, 2.05) is 19.1 Å². The molecule has 0 aromatic heterocycles. The molecule has 0 unspecified atom stereocenters. The van der Waals surface area contributed by atoms with Crippen LogP contribution in [0, 0.1) is 5.82 Å². The minimum Gasteiger partial charge on any atom is -0.309 e. The van der Waals surface area contributed by atoms with Crippen molar-refractivity contribution in [2.45, 2.75) is 36.1 Å². The second-order valence-electron chi connectivity index (χ2n) is 6.48. The van der Waals surface area contributed by atoms with E-state index in [0.29, 0.717) is 6.54 Å². The Bertz CT molecular complexity index is 830. The van der Waals surface area contributed by atoms with E-state index in [1.54, 1.807) is 18.2 Å². The van der Waals surface area contributed by atoms with Crippen molar-refractivity contribution >= 4 is 10.0 Å². The summed E-state index contributed by atoms with van der Waals surface area (Å²) in [5.41, 5.74) is 1.61. The van der Waals surface area contributed by atoms with Crippen molar-refractivity contribution < 1.29 is 12.8 Å². The van der Waals surface area contributed by atoms with Crippen LogP contribution in [-0.4, -0.2) is 15.0 Å². The molecule has 24 heavy (non-hydrogen) atoms. The summed E-state index contributed by atoms with van der Waals surface area (Å²) in [5.74, 6) is -0.151. The van der Waals surface area contributed by atoms with Gasteiger partial charge in [0.1, 0.15) is 5.82 Å². The van der Waals surface area contributed by atoms with Gasteiger partial charge in [-0.3, -0.25) is 0 Å². The molecule has 0 bridgehead atoms. The maximum atomic E-state index is 14.0. The van der Waals surface area contributed by atoms with Crippen LogP contribution in [-0.2, 0) is 15.4 Å². The molecule has 3 rings (SSSR count). The minimum atomic E-state index is -3.67. The fraction of sp³-hybridized carbons (Fsp3) is 0.333. The maximum absolute atomic E-state index is 14.0. The monoisotopic (exact) mass is 348 g/mol. The molecule has 2 aromatic carbocycles. The van der Waals surface area contributed by atoms with Gasteiger partial charge >= 0.3 is 0 Å². The number of nitrogens with two attached hydrogens (primary N) is 1. The third-order valence-electron chi connectivity index (χ3n) is 4.75. The smallest absolute Gasteiger partial charge is 0.238 e. The zero-order chi connectivity index (χ0) is 17.4. The van der Waals surface area contributed by atoms with Gasteiger partial charge in [0.25, 0.3) is 0 Å². The average Bonchev–Trinajstić information content (AvgIpc) is 3.33.